The molecular formula is C11H14ClNO3. The number of methoxy groups -OCH3 is 2. The molecule has 0 aliphatic heterocycles. The molecule has 1 aromatic rings. The second-order valence-corrected chi connectivity index (χ2v) is 3.63. The molecule has 0 bridgehead atoms. The minimum Gasteiger partial charge on any atom is -0.497 e. The number of ether oxygens (including phenoxy) is 2. The standard InChI is InChI=1S/C11H14ClNO3/c1-7-5-8(15-3)6-9(16-4)10(7)13(2)11(12)14/h5-6H,1-4H3. The summed E-state index contributed by atoms with van der Waals surface area (Å²) in [5.74, 6) is 1.22. The molecule has 0 aliphatic carbocycles. The molecule has 1 amide bonds. The van der Waals surface area contributed by atoms with Crippen molar-refractivity contribution in [3.8, 4) is 11.5 Å². The highest BCUT2D eigenvalue weighted by atomic mass is 35.5. The average Bonchev–Trinajstić information content (AvgIpc) is 2.26. The highest BCUT2D eigenvalue weighted by Crippen LogP contribution is 2.35. The first-order valence-electron chi connectivity index (χ1n) is 4.67. The van der Waals surface area contributed by atoms with Gasteiger partial charge in [0, 0.05) is 13.1 Å². The third kappa shape index (κ3) is 2.39. The van der Waals surface area contributed by atoms with E-state index in [1.54, 1.807) is 20.2 Å². The number of hydrogen-bond acceptors (Lipinski definition) is 3. The lowest BCUT2D eigenvalue weighted by Crippen LogP contribution is -2.21. The third-order valence-electron chi connectivity index (χ3n) is 2.29. The summed E-state index contributed by atoms with van der Waals surface area (Å²) in [4.78, 5) is 12.5. The van der Waals surface area contributed by atoms with Gasteiger partial charge in [-0.2, -0.15) is 0 Å². The monoisotopic (exact) mass is 243 g/mol. The molecule has 0 aliphatic rings. The van der Waals surface area contributed by atoms with E-state index < -0.39 is 5.37 Å². The number of amides is 1. The van der Waals surface area contributed by atoms with Crippen LogP contribution in [0.1, 0.15) is 5.56 Å². The van der Waals surface area contributed by atoms with Gasteiger partial charge in [0.25, 0.3) is 0 Å². The van der Waals surface area contributed by atoms with Crippen molar-refractivity contribution in [2.75, 3.05) is 26.2 Å². The first-order chi connectivity index (χ1) is 7.51. The maximum Gasteiger partial charge on any atom is 0.320 e. The molecule has 4 nitrogen and oxygen atoms in total. The van der Waals surface area contributed by atoms with E-state index >= 15 is 0 Å². The van der Waals surface area contributed by atoms with Crippen LogP contribution in [-0.4, -0.2) is 26.6 Å². The lowest BCUT2D eigenvalue weighted by Gasteiger charge is -2.20. The Kier molecular flexibility index (Phi) is 4.01. The van der Waals surface area contributed by atoms with E-state index in [-0.39, 0.29) is 0 Å². The van der Waals surface area contributed by atoms with Crippen molar-refractivity contribution in [1.82, 2.24) is 0 Å². The van der Waals surface area contributed by atoms with Crippen molar-refractivity contribution in [2.45, 2.75) is 6.92 Å². The molecule has 16 heavy (non-hydrogen) atoms. The summed E-state index contributed by atoms with van der Waals surface area (Å²) in [6.07, 6.45) is 0. The van der Waals surface area contributed by atoms with Crippen LogP contribution in [0.3, 0.4) is 0 Å². The Labute approximate surface area is 99.7 Å². The predicted molar refractivity (Wildman–Crippen MR) is 63.9 cm³/mol. The minimum atomic E-state index is -0.563. The van der Waals surface area contributed by atoms with Gasteiger partial charge in [0.2, 0.25) is 0 Å². The van der Waals surface area contributed by atoms with Gasteiger partial charge in [-0.05, 0) is 30.2 Å². The van der Waals surface area contributed by atoms with Crippen molar-refractivity contribution in [1.29, 1.82) is 0 Å². The Bertz CT molecular complexity index is 406. The van der Waals surface area contributed by atoms with Gasteiger partial charge in [-0.25, -0.2) is 0 Å². The van der Waals surface area contributed by atoms with E-state index in [2.05, 4.69) is 0 Å². The van der Waals surface area contributed by atoms with Crippen LogP contribution in [0.25, 0.3) is 0 Å². The topological polar surface area (TPSA) is 38.8 Å². The second-order valence-electron chi connectivity index (χ2n) is 3.31. The van der Waals surface area contributed by atoms with Gasteiger partial charge in [0.05, 0.1) is 19.9 Å². The van der Waals surface area contributed by atoms with Crippen LogP contribution in [0.4, 0.5) is 10.5 Å². The van der Waals surface area contributed by atoms with Crippen LogP contribution in [0, 0.1) is 6.92 Å². The zero-order valence-corrected chi connectivity index (χ0v) is 10.5. The number of carbonyl (C=O) groups is 1. The molecule has 0 fully saturated rings. The summed E-state index contributed by atoms with van der Waals surface area (Å²) < 4.78 is 10.3. The zero-order chi connectivity index (χ0) is 12.3. The lowest BCUT2D eigenvalue weighted by atomic mass is 10.1. The molecule has 0 spiro atoms. The van der Waals surface area contributed by atoms with Gasteiger partial charge >= 0.3 is 5.37 Å². The number of anilines is 1. The lowest BCUT2D eigenvalue weighted by molar-refractivity contribution is 0.265. The molecule has 0 N–H and O–H groups in total. The first kappa shape index (κ1) is 12.6. The third-order valence-corrected chi connectivity index (χ3v) is 2.55. The summed E-state index contributed by atoms with van der Waals surface area (Å²) in [7, 11) is 4.70. The van der Waals surface area contributed by atoms with Gasteiger partial charge in [-0.15, -0.1) is 0 Å². The molecule has 0 saturated carbocycles. The molecule has 0 radical (unpaired) electrons. The van der Waals surface area contributed by atoms with Gasteiger partial charge in [0.1, 0.15) is 11.5 Å². The number of carbonyl (C=O) groups excluding carboxylic acids is 1. The molecule has 0 aromatic heterocycles. The van der Waals surface area contributed by atoms with Gasteiger partial charge < -0.3 is 9.47 Å². The smallest absolute Gasteiger partial charge is 0.320 e. The van der Waals surface area contributed by atoms with Gasteiger partial charge in [0.15, 0.2) is 0 Å². The highest BCUT2D eigenvalue weighted by Gasteiger charge is 2.17. The fraction of sp³-hybridized carbons (Fsp3) is 0.364. The zero-order valence-electron chi connectivity index (χ0n) is 9.70. The number of hydrogen-bond donors (Lipinski definition) is 0. The van der Waals surface area contributed by atoms with E-state index in [0.29, 0.717) is 17.2 Å². The van der Waals surface area contributed by atoms with Crippen LogP contribution in [0.2, 0.25) is 0 Å². The Balaban J connectivity index is 3.31. The largest absolute Gasteiger partial charge is 0.497 e. The second kappa shape index (κ2) is 5.07. The van der Waals surface area contributed by atoms with E-state index in [1.165, 1.54) is 12.0 Å². The van der Waals surface area contributed by atoms with Gasteiger partial charge in [-0.1, -0.05) is 0 Å². The molecule has 0 atom stereocenters. The van der Waals surface area contributed by atoms with Gasteiger partial charge in [-0.3, -0.25) is 9.69 Å². The quantitative estimate of drug-likeness (QED) is 0.605. The molecule has 88 valence electrons. The maximum absolute atomic E-state index is 11.1. The van der Waals surface area contributed by atoms with E-state index in [9.17, 15) is 4.79 Å². The molecule has 5 heteroatoms. The SMILES string of the molecule is COc1cc(C)c(N(C)C(=O)Cl)c(OC)c1. The molecule has 0 unspecified atom stereocenters. The number of halogens is 1. The highest BCUT2D eigenvalue weighted by molar-refractivity contribution is 6.66. The van der Waals surface area contributed by atoms with Crippen LogP contribution in [-0.2, 0) is 0 Å². The fourth-order valence-electron chi connectivity index (χ4n) is 1.51. The molecule has 1 aromatic carbocycles. The first-order valence-corrected chi connectivity index (χ1v) is 5.04. The number of rotatable bonds is 3. The Morgan fingerprint density at radius 2 is 1.94 bits per heavy atom. The predicted octanol–water partition coefficient (Wildman–Crippen LogP) is 2.81. The Morgan fingerprint density at radius 1 is 1.31 bits per heavy atom. The minimum absolute atomic E-state index is 0.549. The van der Waals surface area contributed by atoms with E-state index in [4.69, 9.17) is 21.1 Å². The van der Waals surface area contributed by atoms with Crippen molar-refractivity contribution in [3.05, 3.63) is 17.7 Å². The Hall–Kier alpha value is -1.42. The number of nitrogens with zero attached hydrogens (tertiary/aromatic N) is 1. The summed E-state index contributed by atoms with van der Waals surface area (Å²) in [5.41, 5.74) is 1.50. The van der Waals surface area contributed by atoms with E-state index in [0.717, 1.165) is 5.56 Å². The van der Waals surface area contributed by atoms with Crippen LogP contribution < -0.4 is 14.4 Å². The average molecular weight is 244 g/mol. The Morgan fingerprint density at radius 3 is 2.38 bits per heavy atom. The molecule has 0 heterocycles. The van der Waals surface area contributed by atoms with Crippen LogP contribution in [0.15, 0.2) is 12.1 Å². The van der Waals surface area contributed by atoms with Crippen molar-refractivity contribution >= 4 is 22.7 Å². The fourth-order valence-corrected chi connectivity index (χ4v) is 1.59. The summed E-state index contributed by atoms with van der Waals surface area (Å²) in [6.45, 7) is 1.86. The molecule has 0 saturated heterocycles. The normalized spacial score (nSPS) is 9.81. The van der Waals surface area contributed by atoms with Crippen molar-refractivity contribution in [2.24, 2.45) is 0 Å². The molecule has 1 rings (SSSR count). The van der Waals surface area contributed by atoms with Crippen molar-refractivity contribution < 1.29 is 14.3 Å². The van der Waals surface area contributed by atoms with Crippen LogP contribution >= 0.6 is 11.6 Å². The summed E-state index contributed by atoms with van der Waals surface area (Å²) in [5, 5.41) is -0.563. The number of benzene rings is 1. The van der Waals surface area contributed by atoms with Crippen molar-refractivity contribution in [3.63, 3.8) is 0 Å². The van der Waals surface area contributed by atoms with E-state index in [1.807, 2.05) is 13.0 Å². The summed E-state index contributed by atoms with van der Waals surface area (Å²) >= 11 is 5.44. The van der Waals surface area contributed by atoms with Crippen LogP contribution in [0.5, 0.6) is 11.5 Å². The summed E-state index contributed by atoms with van der Waals surface area (Å²) in [6, 6.07) is 3.52. The molecular weight excluding hydrogens is 230 g/mol. The number of aryl methyl sites for hydroxylation is 1. The maximum atomic E-state index is 11.1.